The Morgan fingerprint density at radius 3 is 2.38 bits per heavy atom. The van der Waals surface area contributed by atoms with Crippen LogP contribution in [0.4, 0.5) is 13.2 Å². The van der Waals surface area contributed by atoms with Crippen LogP contribution in [0.2, 0.25) is 0 Å². The van der Waals surface area contributed by atoms with Crippen LogP contribution in [0.25, 0.3) is 0 Å². The van der Waals surface area contributed by atoms with E-state index < -0.39 is 17.6 Å². The van der Waals surface area contributed by atoms with E-state index >= 15 is 0 Å². The number of carbonyl (C=O) groups excluding carboxylic acids is 1. The van der Waals surface area contributed by atoms with Crippen molar-refractivity contribution in [3.05, 3.63) is 34.4 Å². The molecule has 0 aromatic heterocycles. The molecule has 2 N–H and O–H groups in total. The Morgan fingerprint density at radius 2 is 2.00 bits per heavy atom. The highest BCUT2D eigenvalue weighted by Crippen LogP contribution is 2.33. The van der Waals surface area contributed by atoms with Crippen molar-refractivity contribution >= 4 is 5.91 Å². The monoisotopic (exact) mass is 228 g/mol. The fourth-order valence-corrected chi connectivity index (χ4v) is 1.27. The van der Waals surface area contributed by atoms with Gasteiger partial charge in [0.2, 0.25) is 5.91 Å². The smallest absolute Gasteiger partial charge is 0.366 e. The lowest BCUT2D eigenvalue weighted by Crippen LogP contribution is -2.15. The Morgan fingerprint density at radius 1 is 1.44 bits per heavy atom. The lowest BCUT2D eigenvalue weighted by atomic mass is 9.98. The Labute approximate surface area is 89.3 Å². The zero-order chi connectivity index (χ0) is 12.5. The molecule has 16 heavy (non-hydrogen) atoms. The molecule has 1 amide bonds. The van der Waals surface area contributed by atoms with Crippen LogP contribution in [0, 0.1) is 18.3 Å². The van der Waals surface area contributed by atoms with Gasteiger partial charge in [-0.15, -0.1) is 0 Å². The number of halogens is 3. The molecule has 1 rings (SSSR count). The molecular formula is C10H7F3N2O. The molecule has 6 heteroatoms. The van der Waals surface area contributed by atoms with Crippen LogP contribution >= 0.6 is 0 Å². The summed E-state index contributed by atoms with van der Waals surface area (Å²) in [6.07, 6.45) is -4.61. The highest BCUT2D eigenvalue weighted by Gasteiger charge is 2.34. The second-order valence-electron chi connectivity index (χ2n) is 3.17. The van der Waals surface area contributed by atoms with Gasteiger partial charge in [0, 0.05) is 5.56 Å². The van der Waals surface area contributed by atoms with Crippen molar-refractivity contribution in [3.8, 4) is 6.07 Å². The normalized spacial score (nSPS) is 10.9. The van der Waals surface area contributed by atoms with Gasteiger partial charge in [0.05, 0.1) is 17.2 Å². The molecule has 1 aromatic rings. The first kappa shape index (κ1) is 12.0. The number of nitriles is 1. The van der Waals surface area contributed by atoms with Gasteiger partial charge in [-0.1, -0.05) is 0 Å². The summed E-state index contributed by atoms with van der Waals surface area (Å²) in [4.78, 5) is 10.8. The fourth-order valence-electron chi connectivity index (χ4n) is 1.27. The maximum atomic E-state index is 12.5. The summed E-state index contributed by atoms with van der Waals surface area (Å²) >= 11 is 0. The van der Waals surface area contributed by atoms with Gasteiger partial charge in [0.1, 0.15) is 0 Å². The average Bonchev–Trinajstić information content (AvgIpc) is 2.15. The number of amides is 1. The molecule has 84 valence electrons. The summed E-state index contributed by atoms with van der Waals surface area (Å²) in [5.74, 6) is -0.998. The third kappa shape index (κ3) is 2.14. The van der Waals surface area contributed by atoms with E-state index in [0.717, 1.165) is 6.07 Å². The van der Waals surface area contributed by atoms with E-state index in [0.29, 0.717) is 6.07 Å². The maximum Gasteiger partial charge on any atom is 0.416 e. The van der Waals surface area contributed by atoms with Crippen molar-refractivity contribution in [1.82, 2.24) is 0 Å². The number of carbonyl (C=O) groups is 1. The number of nitrogens with two attached hydrogens (primary N) is 1. The largest absolute Gasteiger partial charge is 0.416 e. The van der Waals surface area contributed by atoms with Crippen LogP contribution < -0.4 is 5.73 Å². The third-order valence-electron chi connectivity index (χ3n) is 2.12. The Bertz CT molecular complexity index is 486. The van der Waals surface area contributed by atoms with Crippen molar-refractivity contribution in [2.75, 3.05) is 0 Å². The van der Waals surface area contributed by atoms with Gasteiger partial charge in [-0.2, -0.15) is 18.4 Å². The topological polar surface area (TPSA) is 66.9 Å². The number of primary amides is 1. The van der Waals surface area contributed by atoms with E-state index in [2.05, 4.69) is 0 Å². The number of hydrogen-bond donors (Lipinski definition) is 1. The Kier molecular flexibility index (Phi) is 2.90. The summed E-state index contributed by atoms with van der Waals surface area (Å²) in [5, 5.41) is 8.65. The van der Waals surface area contributed by atoms with E-state index in [9.17, 15) is 18.0 Å². The maximum absolute atomic E-state index is 12.5. The predicted molar refractivity (Wildman–Crippen MR) is 49.4 cm³/mol. The van der Waals surface area contributed by atoms with Gasteiger partial charge in [0.25, 0.3) is 0 Å². The van der Waals surface area contributed by atoms with Crippen LogP contribution in [0.1, 0.15) is 27.0 Å². The molecule has 0 heterocycles. The molecule has 0 saturated carbocycles. The molecule has 0 spiro atoms. The number of hydrogen-bond acceptors (Lipinski definition) is 2. The van der Waals surface area contributed by atoms with Crippen LogP contribution in [0.15, 0.2) is 12.1 Å². The molecule has 0 atom stereocenters. The average molecular weight is 228 g/mol. The summed E-state index contributed by atoms with van der Waals surface area (Å²) in [6, 6.07) is 3.30. The quantitative estimate of drug-likeness (QED) is 0.798. The molecule has 3 nitrogen and oxygen atoms in total. The van der Waals surface area contributed by atoms with Gasteiger partial charge in [-0.25, -0.2) is 0 Å². The summed E-state index contributed by atoms with van der Waals surface area (Å²) < 4.78 is 37.6. The van der Waals surface area contributed by atoms with E-state index in [1.807, 2.05) is 0 Å². The van der Waals surface area contributed by atoms with Crippen LogP contribution in [0.5, 0.6) is 0 Å². The van der Waals surface area contributed by atoms with Crippen molar-refractivity contribution in [2.45, 2.75) is 13.1 Å². The molecule has 0 aliphatic heterocycles. The predicted octanol–water partition coefficient (Wildman–Crippen LogP) is 1.98. The zero-order valence-electron chi connectivity index (χ0n) is 8.22. The third-order valence-corrected chi connectivity index (χ3v) is 2.12. The van der Waals surface area contributed by atoms with Gasteiger partial charge in [-0.3, -0.25) is 4.79 Å². The summed E-state index contributed by atoms with van der Waals surface area (Å²) in [5.41, 5.74) is 3.13. The second-order valence-corrected chi connectivity index (χ2v) is 3.17. The standard InChI is InChI=1S/C10H7F3N2O/c1-5-7(4-14)2-6(9(15)16)3-8(5)10(11,12)13/h2-3H,1H3,(H2,15,16). The highest BCUT2D eigenvalue weighted by atomic mass is 19.4. The molecular weight excluding hydrogens is 221 g/mol. The van der Waals surface area contributed by atoms with Gasteiger partial charge >= 0.3 is 6.18 Å². The molecule has 0 unspecified atom stereocenters. The molecule has 0 fully saturated rings. The second kappa shape index (κ2) is 3.85. The highest BCUT2D eigenvalue weighted by molar-refractivity contribution is 5.93. The van der Waals surface area contributed by atoms with Crippen molar-refractivity contribution in [2.24, 2.45) is 5.73 Å². The van der Waals surface area contributed by atoms with E-state index in [4.69, 9.17) is 11.0 Å². The minimum Gasteiger partial charge on any atom is -0.366 e. The number of rotatable bonds is 1. The molecule has 0 saturated heterocycles. The van der Waals surface area contributed by atoms with Gasteiger partial charge in [-0.05, 0) is 24.6 Å². The van der Waals surface area contributed by atoms with Crippen LogP contribution in [-0.4, -0.2) is 5.91 Å². The Balaban J connectivity index is 3.56. The molecule has 0 radical (unpaired) electrons. The van der Waals surface area contributed by atoms with Crippen LogP contribution in [0.3, 0.4) is 0 Å². The number of benzene rings is 1. The lowest BCUT2D eigenvalue weighted by molar-refractivity contribution is -0.138. The number of alkyl halides is 3. The molecule has 0 aliphatic rings. The summed E-state index contributed by atoms with van der Waals surface area (Å²) in [7, 11) is 0. The van der Waals surface area contributed by atoms with E-state index in [-0.39, 0.29) is 16.7 Å². The minimum absolute atomic E-state index is 0.205. The van der Waals surface area contributed by atoms with Crippen molar-refractivity contribution in [3.63, 3.8) is 0 Å². The summed E-state index contributed by atoms with van der Waals surface area (Å²) in [6.45, 7) is 1.17. The lowest BCUT2D eigenvalue weighted by Gasteiger charge is -2.12. The minimum atomic E-state index is -4.61. The van der Waals surface area contributed by atoms with Crippen molar-refractivity contribution in [1.29, 1.82) is 5.26 Å². The van der Waals surface area contributed by atoms with Gasteiger partial charge < -0.3 is 5.73 Å². The Hall–Kier alpha value is -2.03. The molecule has 1 aromatic carbocycles. The fraction of sp³-hybridized carbons (Fsp3) is 0.200. The van der Waals surface area contributed by atoms with E-state index in [1.54, 1.807) is 6.07 Å². The van der Waals surface area contributed by atoms with Gasteiger partial charge in [0.15, 0.2) is 0 Å². The molecule has 0 aliphatic carbocycles. The van der Waals surface area contributed by atoms with Crippen LogP contribution in [-0.2, 0) is 6.18 Å². The first-order valence-electron chi connectivity index (χ1n) is 4.19. The number of nitrogens with zero attached hydrogens (tertiary/aromatic N) is 1. The van der Waals surface area contributed by atoms with E-state index in [1.165, 1.54) is 6.92 Å². The zero-order valence-corrected chi connectivity index (χ0v) is 8.22. The first-order chi connectivity index (χ1) is 7.27. The molecule has 0 bridgehead atoms. The first-order valence-corrected chi connectivity index (χ1v) is 4.19. The van der Waals surface area contributed by atoms with Crippen molar-refractivity contribution < 1.29 is 18.0 Å². The SMILES string of the molecule is Cc1c(C#N)cc(C(N)=O)cc1C(F)(F)F.